The van der Waals surface area contributed by atoms with Crippen LogP contribution in [0.25, 0.3) is 0 Å². The number of aliphatic hydroxyl groups excluding tert-OH is 2. The van der Waals surface area contributed by atoms with Crippen molar-refractivity contribution in [2.45, 2.75) is 96.7 Å². The third-order valence-corrected chi connectivity index (χ3v) is 3.51. The van der Waals surface area contributed by atoms with Crippen LogP contribution in [-0.2, 0) is 0 Å². The SMILES string of the molecule is CCCCCCCCC(O)C=CC(O)CCCCC. The summed E-state index contributed by atoms with van der Waals surface area (Å²) in [6.45, 7) is 4.38. The Morgan fingerprint density at radius 2 is 1.00 bits per heavy atom. The third-order valence-electron chi connectivity index (χ3n) is 3.51. The van der Waals surface area contributed by atoms with E-state index in [9.17, 15) is 10.2 Å². The van der Waals surface area contributed by atoms with Gasteiger partial charge in [0.05, 0.1) is 12.2 Å². The van der Waals surface area contributed by atoms with Crippen molar-refractivity contribution >= 4 is 0 Å². The van der Waals surface area contributed by atoms with Crippen molar-refractivity contribution in [2.24, 2.45) is 0 Å². The van der Waals surface area contributed by atoms with E-state index in [1.807, 2.05) is 0 Å². The number of unbranched alkanes of at least 4 members (excludes halogenated alkanes) is 7. The van der Waals surface area contributed by atoms with Gasteiger partial charge in [0.15, 0.2) is 0 Å². The molecule has 0 radical (unpaired) electrons. The third kappa shape index (κ3) is 13.9. The number of hydrogen-bond donors (Lipinski definition) is 2. The lowest BCUT2D eigenvalue weighted by Gasteiger charge is -2.08. The number of aliphatic hydroxyl groups is 2. The molecule has 0 aliphatic heterocycles. The predicted molar refractivity (Wildman–Crippen MR) is 83.3 cm³/mol. The minimum absolute atomic E-state index is 0.382. The summed E-state index contributed by atoms with van der Waals surface area (Å²) in [6.07, 6.45) is 15.3. The van der Waals surface area contributed by atoms with Crippen LogP contribution in [0.2, 0.25) is 0 Å². The van der Waals surface area contributed by atoms with Crippen LogP contribution in [0.3, 0.4) is 0 Å². The molecule has 0 saturated heterocycles. The molecule has 0 aromatic heterocycles. The van der Waals surface area contributed by atoms with E-state index in [1.165, 1.54) is 44.9 Å². The van der Waals surface area contributed by atoms with Gasteiger partial charge in [-0.3, -0.25) is 0 Å². The van der Waals surface area contributed by atoms with Crippen LogP contribution in [0, 0.1) is 0 Å². The van der Waals surface area contributed by atoms with E-state index in [2.05, 4.69) is 13.8 Å². The molecule has 2 unspecified atom stereocenters. The highest BCUT2D eigenvalue weighted by Gasteiger charge is 2.02. The van der Waals surface area contributed by atoms with Gasteiger partial charge in [-0.2, -0.15) is 0 Å². The highest BCUT2D eigenvalue weighted by molar-refractivity contribution is 4.93. The Labute approximate surface area is 119 Å². The molecule has 0 rings (SSSR count). The number of hydrogen-bond acceptors (Lipinski definition) is 2. The van der Waals surface area contributed by atoms with E-state index in [4.69, 9.17) is 0 Å². The fourth-order valence-corrected chi connectivity index (χ4v) is 2.19. The van der Waals surface area contributed by atoms with E-state index in [0.717, 1.165) is 25.7 Å². The largest absolute Gasteiger partial charge is 0.389 e. The summed E-state index contributed by atoms with van der Waals surface area (Å²) in [5, 5.41) is 19.5. The first-order valence-corrected chi connectivity index (χ1v) is 8.25. The van der Waals surface area contributed by atoms with E-state index < -0.39 is 0 Å². The maximum Gasteiger partial charge on any atom is 0.0721 e. The van der Waals surface area contributed by atoms with Crippen molar-refractivity contribution in [2.75, 3.05) is 0 Å². The van der Waals surface area contributed by atoms with Crippen LogP contribution >= 0.6 is 0 Å². The van der Waals surface area contributed by atoms with Gasteiger partial charge in [0.2, 0.25) is 0 Å². The molecule has 2 N–H and O–H groups in total. The van der Waals surface area contributed by atoms with Crippen LogP contribution < -0.4 is 0 Å². The lowest BCUT2D eigenvalue weighted by atomic mass is 10.1. The van der Waals surface area contributed by atoms with E-state index in [1.54, 1.807) is 12.2 Å². The zero-order valence-corrected chi connectivity index (χ0v) is 13.0. The second-order valence-electron chi connectivity index (χ2n) is 5.57. The van der Waals surface area contributed by atoms with Gasteiger partial charge in [-0.1, -0.05) is 83.8 Å². The second kappa shape index (κ2) is 14.1. The smallest absolute Gasteiger partial charge is 0.0721 e. The van der Waals surface area contributed by atoms with Crippen LogP contribution in [-0.4, -0.2) is 22.4 Å². The van der Waals surface area contributed by atoms with Crippen molar-refractivity contribution in [1.82, 2.24) is 0 Å². The standard InChI is InChI=1S/C17H34O2/c1-3-5-7-8-9-11-13-17(19)15-14-16(18)12-10-6-4-2/h14-19H,3-13H2,1-2H3. The average Bonchev–Trinajstić information content (AvgIpc) is 2.40. The van der Waals surface area contributed by atoms with E-state index in [0.29, 0.717) is 0 Å². The molecular weight excluding hydrogens is 236 g/mol. The lowest BCUT2D eigenvalue weighted by molar-refractivity contribution is 0.192. The zero-order chi connectivity index (χ0) is 14.3. The molecule has 0 fully saturated rings. The summed E-state index contributed by atoms with van der Waals surface area (Å²) in [5.74, 6) is 0. The van der Waals surface area contributed by atoms with Crippen LogP contribution in [0.1, 0.15) is 84.5 Å². The van der Waals surface area contributed by atoms with E-state index in [-0.39, 0.29) is 12.2 Å². The fourth-order valence-electron chi connectivity index (χ4n) is 2.19. The lowest BCUT2D eigenvalue weighted by Crippen LogP contribution is -2.06. The van der Waals surface area contributed by atoms with E-state index >= 15 is 0 Å². The average molecular weight is 270 g/mol. The molecule has 0 aliphatic carbocycles. The van der Waals surface area contributed by atoms with Crippen molar-refractivity contribution in [1.29, 1.82) is 0 Å². The van der Waals surface area contributed by atoms with Crippen molar-refractivity contribution in [3.63, 3.8) is 0 Å². The molecule has 114 valence electrons. The molecule has 19 heavy (non-hydrogen) atoms. The van der Waals surface area contributed by atoms with Gasteiger partial charge in [-0.05, 0) is 12.8 Å². The normalized spacial score (nSPS) is 14.9. The summed E-state index contributed by atoms with van der Waals surface area (Å²) in [4.78, 5) is 0. The molecule has 0 amide bonds. The summed E-state index contributed by atoms with van der Waals surface area (Å²) < 4.78 is 0. The molecule has 0 aliphatic rings. The van der Waals surface area contributed by atoms with Gasteiger partial charge in [-0.25, -0.2) is 0 Å². The predicted octanol–water partition coefficient (Wildman–Crippen LogP) is 4.60. The summed E-state index contributed by atoms with van der Waals surface area (Å²) in [5.41, 5.74) is 0. The second-order valence-corrected chi connectivity index (χ2v) is 5.57. The van der Waals surface area contributed by atoms with Crippen LogP contribution in [0.15, 0.2) is 12.2 Å². The highest BCUT2D eigenvalue weighted by atomic mass is 16.3. The van der Waals surface area contributed by atoms with Gasteiger partial charge in [0, 0.05) is 0 Å². The zero-order valence-electron chi connectivity index (χ0n) is 13.0. The van der Waals surface area contributed by atoms with Crippen molar-refractivity contribution in [3.8, 4) is 0 Å². The van der Waals surface area contributed by atoms with Crippen molar-refractivity contribution < 1.29 is 10.2 Å². The molecule has 0 aromatic carbocycles. The topological polar surface area (TPSA) is 40.5 Å². The first kappa shape index (κ1) is 18.7. The quantitative estimate of drug-likeness (QED) is 0.379. The molecule has 2 nitrogen and oxygen atoms in total. The minimum atomic E-state index is -0.384. The van der Waals surface area contributed by atoms with Gasteiger partial charge < -0.3 is 10.2 Å². The number of rotatable bonds is 13. The molecule has 0 saturated carbocycles. The summed E-state index contributed by atoms with van der Waals surface area (Å²) in [7, 11) is 0. The monoisotopic (exact) mass is 270 g/mol. The Hall–Kier alpha value is -0.340. The minimum Gasteiger partial charge on any atom is -0.389 e. The van der Waals surface area contributed by atoms with Gasteiger partial charge >= 0.3 is 0 Å². The maximum atomic E-state index is 9.77. The highest BCUT2D eigenvalue weighted by Crippen LogP contribution is 2.10. The molecule has 0 spiro atoms. The summed E-state index contributed by atoms with van der Waals surface area (Å²) in [6, 6.07) is 0. The Morgan fingerprint density at radius 3 is 1.53 bits per heavy atom. The summed E-state index contributed by atoms with van der Waals surface area (Å²) >= 11 is 0. The molecule has 0 aromatic rings. The molecule has 2 heteroatoms. The Balaban J connectivity index is 3.47. The Bertz CT molecular complexity index is 201. The first-order valence-electron chi connectivity index (χ1n) is 8.25. The maximum absolute atomic E-state index is 9.77. The molecule has 0 bridgehead atoms. The molecule has 2 atom stereocenters. The first-order chi connectivity index (χ1) is 9.20. The van der Waals surface area contributed by atoms with Crippen molar-refractivity contribution in [3.05, 3.63) is 12.2 Å². The molecular formula is C17H34O2. The molecule has 0 heterocycles. The van der Waals surface area contributed by atoms with Gasteiger partial charge in [0.1, 0.15) is 0 Å². The van der Waals surface area contributed by atoms with Gasteiger partial charge in [-0.15, -0.1) is 0 Å². The Morgan fingerprint density at radius 1 is 0.632 bits per heavy atom. The fraction of sp³-hybridized carbons (Fsp3) is 0.882. The van der Waals surface area contributed by atoms with Crippen LogP contribution in [0.4, 0.5) is 0 Å². The van der Waals surface area contributed by atoms with Gasteiger partial charge in [0.25, 0.3) is 0 Å². The Kier molecular flexibility index (Phi) is 13.8. The van der Waals surface area contributed by atoms with Crippen LogP contribution in [0.5, 0.6) is 0 Å².